The molecule has 0 bridgehead atoms. The Kier molecular flexibility index (Phi) is 3.97. The highest BCUT2D eigenvalue weighted by molar-refractivity contribution is 7.99. The first-order chi connectivity index (χ1) is 8.16. The molecule has 0 saturated heterocycles. The van der Waals surface area contributed by atoms with Crippen LogP contribution < -0.4 is 5.73 Å². The number of aryl methyl sites for hydroxylation is 2. The number of thioether (sulfide) groups is 1. The van der Waals surface area contributed by atoms with Gasteiger partial charge in [0.15, 0.2) is 0 Å². The monoisotopic (exact) mass is 267 g/mol. The van der Waals surface area contributed by atoms with Gasteiger partial charge < -0.3 is 5.73 Å². The summed E-state index contributed by atoms with van der Waals surface area (Å²) in [6.45, 7) is 0. The summed E-state index contributed by atoms with van der Waals surface area (Å²) in [4.78, 5) is 1.14. The summed E-state index contributed by atoms with van der Waals surface area (Å²) in [5.41, 5.74) is 7.52. The number of hydrogen-bond donors (Lipinski definition) is 1. The van der Waals surface area contributed by atoms with E-state index < -0.39 is 0 Å². The third kappa shape index (κ3) is 3.17. The summed E-state index contributed by atoms with van der Waals surface area (Å²) < 4.78 is 1.90. The van der Waals surface area contributed by atoms with Crippen molar-refractivity contribution in [1.29, 1.82) is 0 Å². The van der Waals surface area contributed by atoms with Gasteiger partial charge in [-0.15, -0.1) is 11.8 Å². The molecular formula is C12H14ClN3S. The van der Waals surface area contributed by atoms with Gasteiger partial charge in [0, 0.05) is 29.6 Å². The van der Waals surface area contributed by atoms with Crippen molar-refractivity contribution in [1.82, 2.24) is 9.78 Å². The topological polar surface area (TPSA) is 43.8 Å². The van der Waals surface area contributed by atoms with Gasteiger partial charge >= 0.3 is 0 Å². The second-order valence-corrected chi connectivity index (χ2v) is 5.30. The lowest BCUT2D eigenvalue weighted by molar-refractivity contribution is 0.720. The number of nitrogen functional groups attached to an aromatic ring is 1. The molecule has 0 spiro atoms. The van der Waals surface area contributed by atoms with E-state index in [2.05, 4.69) is 5.10 Å². The first-order valence-corrected chi connectivity index (χ1v) is 6.68. The quantitative estimate of drug-likeness (QED) is 0.684. The summed E-state index contributed by atoms with van der Waals surface area (Å²) in [7, 11) is 1.96. The zero-order valence-electron chi connectivity index (χ0n) is 9.56. The highest BCUT2D eigenvalue weighted by Crippen LogP contribution is 2.26. The fourth-order valence-electron chi connectivity index (χ4n) is 1.52. The van der Waals surface area contributed by atoms with Gasteiger partial charge in [-0.2, -0.15) is 5.10 Å². The van der Waals surface area contributed by atoms with Gasteiger partial charge in [-0.3, -0.25) is 4.68 Å². The summed E-state index contributed by atoms with van der Waals surface area (Å²) in [6.07, 6.45) is 2.81. The molecule has 0 radical (unpaired) electrons. The minimum atomic E-state index is 0.621. The van der Waals surface area contributed by atoms with Gasteiger partial charge in [-0.25, -0.2) is 0 Å². The number of rotatable bonds is 4. The van der Waals surface area contributed by atoms with E-state index >= 15 is 0 Å². The summed E-state index contributed by atoms with van der Waals surface area (Å²) in [5.74, 6) is 1.000. The van der Waals surface area contributed by atoms with E-state index in [9.17, 15) is 0 Å². The van der Waals surface area contributed by atoms with Gasteiger partial charge in [0.2, 0.25) is 0 Å². The second-order valence-electron chi connectivity index (χ2n) is 3.73. The lowest BCUT2D eigenvalue weighted by atomic mass is 10.3. The highest BCUT2D eigenvalue weighted by atomic mass is 35.5. The Morgan fingerprint density at radius 3 is 2.88 bits per heavy atom. The third-order valence-corrected chi connectivity index (χ3v) is 3.84. The first-order valence-electron chi connectivity index (χ1n) is 5.31. The Morgan fingerprint density at radius 2 is 2.24 bits per heavy atom. The molecule has 0 saturated carbocycles. The van der Waals surface area contributed by atoms with Crippen molar-refractivity contribution >= 4 is 29.1 Å². The molecule has 1 heterocycles. The molecule has 3 nitrogen and oxygen atoms in total. The molecular weight excluding hydrogens is 254 g/mol. The van der Waals surface area contributed by atoms with E-state index in [0.717, 1.165) is 17.1 Å². The van der Waals surface area contributed by atoms with Crippen LogP contribution in [0.25, 0.3) is 0 Å². The fourth-order valence-corrected chi connectivity index (χ4v) is 2.68. The van der Waals surface area contributed by atoms with Gasteiger partial charge in [0.25, 0.3) is 0 Å². The Labute approximate surface area is 110 Å². The van der Waals surface area contributed by atoms with Crippen LogP contribution in [0.4, 0.5) is 5.69 Å². The number of nitrogens with zero attached hydrogens (tertiary/aromatic N) is 2. The van der Waals surface area contributed by atoms with Crippen LogP contribution in [-0.4, -0.2) is 15.5 Å². The van der Waals surface area contributed by atoms with Gasteiger partial charge in [0.1, 0.15) is 0 Å². The minimum absolute atomic E-state index is 0.621. The molecule has 0 unspecified atom stereocenters. The summed E-state index contributed by atoms with van der Waals surface area (Å²) in [6, 6.07) is 7.78. The molecule has 17 heavy (non-hydrogen) atoms. The molecule has 0 fully saturated rings. The van der Waals surface area contributed by atoms with Crippen LogP contribution in [0.15, 0.2) is 35.4 Å². The predicted molar refractivity (Wildman–Crippen MR) is 73.5 cm³/mol. The van der Waals surface area contributed by atoms with Crippen molar-refractivity contribution < 1.29 is 0 Å². The number of halogens is 1. The molecule has 2 N–H and O–H groups in total. The van der Waals surface area contributed by atoms with E-state index in [-0.39, 0.29) is 0 Å². The van der Waals surface area contributed by atoms with Crippen LogP contribution in [0, 0.1) is 0 Å². The van der Waals surface area contributed by atoms with Crippen LogP contribution in [0.1, 0.15) is 5.69 Å². The van der Waals surface area contributed by atoms with Crippen LogP contribution in [0.5, 0.6) is 0 Å². The molecule has 2 rings (SSSR count). The molecule has 0 aliphatic carbocycles. The average molecular weight is 268 g/mol. The van der Waals surface area contributed by atoms with Crippen molar-refractivity contribution in [3.05, 3.63) is 41.2 Å². The van der Waals surface area contributed by atoms with Gasteiger partial charge in [-0.05, 0) is 30.7 Å². The molecule has 5 heteroatoms. The molecule has 1 aromatic carbocycles. The predicted octanol–water partition coefficient (Wildman–Crippen LogP) is 2.99. The lowest BCUT2D eigenvalue weighted by Gasteiger charge is -2.04. The lowest BCUT2D eigenvalue weighted by Crippen LogP contribution is -1.99. The van der Waals surface area contributed by atoms with Crippen molar-refractivity contribution in [2.75, 3.05) is 11.5 Å². The first kappa shape index (κ1) is 12.3. The Bertz CT molecular complexity index is 510. The van der Waals surface area contributed by atoms with Gasteiger partial charge in [0.05, 0.1) is 10.7 Å². The zero-order chi connectivity index (χ0) is 12.3. The van der Waals surface area contributed by atoms with Crippen molar-refractivity contribution in [2.45, 2.75) is 11.3 Å². The molecule has 2 aromatic rings. The maximum atomic E-state index is 5.97. The minimum Gasteiger partial charge on any atom is -0.398 e. The number of hydrogen-bond acceptors (Lipinski definition) is 3. The van der Waals surface area contributed by atoms with Crippen molar-refractivity contribution in [3.8, 4) is 0 Å². The smallest absolute Gasteiger partial charge is 0.0646 e. The highest BCUT2D eigenvalue weighted by Gasteiger charge is 2.01. The standard InChI is InChI=1S/C12H14ClN3S/c1-16-9(4-6-15-16)5-7-17-10-2-3-12(14)11(13)8-10/h2-4,6,8H,5,7,14H2,1H3. The zero-order valence-corrected chi connectivity index (χ0v) is 11.1. The average Bonchev–Trinajstić information content (AvgIpc) is 2.70. The third-order valence-electron chi connectivity index (χ3n) is 2.52. The second kappa shape index (κ2) is 5.47. The van der Waals surface area contributed by atoms with E-state index in [1.807, 2.05) is 42.2 Å². The van der Waals surface area contributed by atoms with E-state index in [4.69, 9.17) is 17.3 Å². The molecule has 0 aliphatic rings. The number of benzene rings is 1. The van der Waals surface area contributed by atoms with Crippen LogP contribution in [0.3, 0.4) is 0 Å². The number of anilines is 1. The molecule has 0 amide bonds. The molecule has 90 valence electrons. The Morgan fingerprint density at radius 1 is 1.41 bits per heavy atom. The van der Waals surface area contributed by atoms with Crippen LogP contribution in [0.2, 0.25) is 5.02 Å². The van der Waals surface area contributed by atoms with E-state index in [0.29, 0.717) is 10.7 Å². The summed E-state index contributed by atoms with van der Waals surface area (Å²) >= 11 is 7.73. The van der Waals surface area contributed by atoms with Crippen molar-refractivity contribution in [2.24, 2.45) is 7.05 Å². The van der Waals surface area contributed by atoms with Crippen LogP contribution in [-0.2, 0) is 13.5 Å². The number of aromatic nitrogens is 2. The SMILES string of the molecule is Cn1nccc1CCSc1ccc(N)c(Cl)c1. The van der Waals surface area contributed by atoms with E-state index in [1.165, 1.54) is 5.69 Å². The molecule has 0 atom stereocenters. The molecule has 1 aromatic heterocycles. The fraction of sp³-hybridized carbons (Fsp3) is 0.250. The summed E-state index contributed by atoms with van der Waals surface area (Å²) in [5, 5.41) is 4.76. The van der Waals surface area contributed by atoms with Crippen LogP contribution >= 0.6 is 23.4 Å². The largest absolute Gasteiger partial charge is 0.398 e. The Hall–Kier alpha value is -1.13. The maximum absolute atomic E-state index is 5.97. The molecule has 0 aliphatic heterocycles. The van der Waals surface area contributed by atoms with Crippen molar-refractivity contribution in [3.63, 3.8) is 0 Å². The number of nitrogens with two attached hydrogens (primary N) is 1. The maximum Gasteiger partial charge on any atom is 0.0646 e. The Balaban J connectivity index is 1.90. The van der Waals surface area contributed by atoms with E-state index in [1.54, 1.807) is 11.8 Å². The normalized spacial score (nSPS) is 10.7. The van der Waals surface area contributed by atoms with Gasteiger partial charge in [-0.1, -0.05) is 11.6 Å².